The van der Waals surface area contributed by atoms with Crippen molar-refractivity contribution in [3.63, 3.8) is 0 Å². The van der Waals surface area contributed by atoms with Gasteiger partial charge in [0.2, 0.25) is 0 Å². The zero-order valence-electron chi connectivity index (χ0n) is 15.1. The first-order chi connectivity index (χ1) is 11.3. The SMILES string of the molecule is CCNC(=NCCCN(C)CCOC)NCCc1ccccn1.I. The molecule has 1 aromatic rings. The summed E-state index contributed by atoms with van der Waals surface area (Å²) in [5.74, 6) is 0.878. The Bertz CT molecular complexity index is 430. The maximum absolute atomic E-state index is 5.08. The van der Waals surface area contributed by atoms with Gasteiger partial charge in [-0.25, -0.2) is 0 Å². The Labute approximate surface area is 163 Å². The highest BCUT2D eigenvalue weighted by molar-refractivity contribution is 14.0. The smallest absolute Gasteiger partial charge is 0.191 e. The monoisotopic (exact) mass is 449 g/mol. The molecule has 0 radical (unpaired) electrons. The van der Waals surface area contributed by atoms with E-state index in [1.807, 2.05) is 24.4 Å². The molecule has 1 heterocycles. The highest BCUT2D eigenvalue weighted by Crippen LogP contribution is 1.93. The molecule has 0 aliphatic rings. The molecule has 0 amide bonds. The lowest BCUT2D eigenvalue weighted by Gasteiger charge is -2.15. The molecule has 0 aliphatic heterocycles. The Morgan fingerprint density at radius 1 is 1.29 bits per heavy atom. The summed E-state index contributed by atoms with van der Waals surface area (Å²) in [4.78, 5) is 11.2. The standard InChI is InChI=1S/C17H31N5O.HI/c1-4-18-17(20-11-7-13-22(2)14-15-23-3)21-12-9-16-8-5-6-10-19-16;/h5-6,8,10H,4,7,9,11-15H2,1-3H3,(H2,18,20,21);1H. The van der Waals surface area contributed by atoms with Gasteiger partial charge in [0.05, 0.1) is 6.61 Å². The predicted octanol–water partition coefficient (Wildman–Crippen LogP) is 1.77. The van der Waals surface area contributed by atoms with Crippen molar-refractivity contribution in [1.29, 1.82) is 0 Å². The fraction of sp³-hybridized carbons (Fsp3) is 0.647. The number of aliphatic imine (C=N–C) groups is 1. The number of rotatable bonds is 11. The summed E-state index contributed by atoms with van der Waals surface area (Å²) in [5, 5.41) is 6.63. The third-order valence-electron chi connectivity index (χ3n) is 3.39. The van der Waals surface area contributed by atoms with Gasteiger partial charge in [-0.2, -0.15) is 0 Å². The first-order valence-electron chi connectivity index (χ1n) is 8.35. The van der Waals surface area contributed by atoms with Crippen LogP contribution in [-0.2, 0) is 11.2 Å². The summed E-state index contributed by atoms with van der Waals surface area (Å²) < 4.78 is 5.08. The van der Waals surface area contributed by atoms with Gasteiger partial charge < -0.3 is 20.3 Å². The molecular weight excluding hydrogens is 417 g/mol. The van der Waals surface area contributed by atoms with Crippen LogP contribution in [-0.4, -0.2) is 69.3 Å². The molecular formula is C17H32IN5O. The van der Waals surface area contributed by atoms with Crippen molar-refractivity contribution >= 4 is 29.9 Å². The Balaban J connectivity index is 0.00000529. The number of nitrogens with one attached hydrogen (secondary N) is 2. The fourth-order valence-electron chi connectivity index (χ4n) is 2.09. The molecule has 0 bridgehead atoms. The Kier molecular flexibility index (Phi) is 15.0. The number of hydrogen-bond acceptors (Lipinski definition) is 4. The van der Waals surface area contributed by atoms with E-state index in [9.17, 15) is 0 Å². The van der Waals surface area contributed by atoms with Crippen LogP contribution in [0.15, 0.2) is 29.4 Å². The third kappa shape index (κ3) is 11.6. The van der Waals surface area contributed by atoms with E-state index in [0.29, 0.717) is 0 Å². The van der Waals surface area contributed by atoms with E-state index in [2.05, 4.69) is 39.5 Å². The molecule has 0 atom stereocenters. The first kappa shape index (κ1) is 23.1. The molecule has 138 valence electrons. The van der Waals surface area contributed by atoms with Crippen LogP contribution in [0.25, 0.3) is 0 Å². The summed E-state index contributed by atoms with van der Waals surface area (Å²) in [6.45, 7) is 7.35. The minimum Gasteiger partial charge on any atom is -0.383 e. The van der Waals surface area contributed by atoms with Crippen LogP contribution in [0.5, 0.6) is 0 Å². The van der Waals surface area contributed by atoms with E-state index in [1.54, 1.807) is 7.11 Å². The number of ether oxygens (including phenoxy) is 1. The van der Waals surface area contributed by atoms with Gasteiger partial charge in [-0.3, -0.25) is 9.98 Å². The predicted molar refractivity (Wildman–Crippen MR) is 111 cm³/mol. The highest BCUT2D eigenvalue weighted by Gasteiger charge is 2.00. The van der Waals surface area contributed by atoms with E-state index >= 15 is 0 Å². The summed E-state index contributed by atoms with van der Waals surface area (Å²) in [5.41, 5.74) is 1.09. The molecule has 0 fully saturated rings. The quantitative estimate of drug-likeness (QED) is 0.233. The van der Waals surface area contributed by atoms with E-state index in [0.717, 1.165) is 63.8 Å². The van der Waals surface area contributed by atoms with Gasteiger partial charge >= 0.3 is 0 Å². The van der Waals surface area contributed by atoms with Crippen molar-refractivity contribution in [2.24, 2.45) is 4.99 Å². The minimum atomic E-state index is 0. The maximum atomic E-state index is 5.08. The van der Waals surface area contributed by atoms with Crippen LogP contribution >= 0.6 is 24.0 Å². The second-order valence-electron chi connectivity index (χ2n) is 5.41. The summed E-state index contributed by atoms with van der Waals surface area (Å²) >= 11 is 0. The molecule has 24 heavy (non-hydrogen) atoms. The molecule has 0 saturated heterocycles. The van der Waals surface area contributed by atoms with Crippen LogP contribution < -0.4 is 10.6 Å². The van der Waals surface area contributed by atoms with Crippen molar-refractivity contribution < 1.29 is 4.74 Å². The largest absolute Gasteiger partial charge is 0.383 e. The van der Waals surface area contributed by atoms with Gasteiger partial charge in [0.15, 0.2) is 5.96 Å². The molecule has 1 aromatic heterocycles. The molecule has 0 spiro atoms. The molecule has 0 aromatic carbocycles. The molecule has 6 nitrogen and oxygen atoms in total. The lowest BCUT2D eigenvalue weighted by Crippen LogP contribution is -2.38. The summed E-state index contributed by atoms with van der Waals surface area (Å²) in [6, 6.07) is 6.00. The van der Waals surface area contributed by atoms with Gasteiger partial charge in [-0.15, -0.1) is 24.0 Å². The highest BCUT2D eigenvalue weighted by atomic mass is 127. The van der Waals surface area contributed by atoms with Crippen LogP contribution in [0.4, 0.5) is 0 Å². The number of nitrogens with zero attached hydrogens (tertiary/aromatic N) is 3. The molecule has 0 aliphatic carbocycles. The Morgan fingerprint density at radius 2 is 2.12 bits per heavy atom. The van der Waals surface area contributed by atoms with E-state index < -0.39 is 0 Å². The number of halogens is 1. The second kappa shape index (κ2) is 15.6. The summed E-state index contributed by atoms with van der Waals surface area (Å²) in [7, 11) is 3.84. The van der Waals surface area contributed by atoms with E-state index in [-0.39, 0.29) is 24.0 Å². The number of pyridine rings is 1. The van der Waals surface area contributed by atoms with Crippen LogP contribution in [0.2, 0.25) is 0 Å². The lowest BCUT2D eigenvalue weighted by atomic mass is 10.3. The fourth-order valence-corrected chi connectivity index (χ4v) is 2.09. The molecule has 1 rings (SSSR count). The maximum Gasteiger partial charge on any atom is 0.191 e. The second-order valence-corrected chi connectivity index (χ2v) is 5.41. The van der Waals surface area contributed by atoms with E-state index in [1.165, 1.54) is 0 Å². The van der Waals surface area contributed by atoms with Gasteiger partial charge in [0.25, 0.3) is 0 Å². The third-order valence-corrected chi connectivity index (χ3v) is 3.39. The van der Waals surface area contributed by atoms with Crippen LogP contribution in [0.3, 0.4) is 0 Å². The van der Waals surface area contributed by atoms with Crippen molar-refractivity contribution in [2.45, 2.75) is 19.8 Å². The lowest BCUT2D eigenvalue weighted by molar-refractivity contribution is 0.161. The topological polar surface area (TPSA) is 61.8 Å². The molecule has 0 saturated carbocycles. The number of guanidine groups is 1. The first-order valence-corrected chi connectivity index (χ1v) is 8.35. The molecule has 2 N–H and O–H groups in total. The van der Waals surface area contributed by atoms with Crippen molar-refractivity contribution in [3.8, 4) is 0 Å². The van der Waals surface area contributed by atoms with Gasteiger partial charge in [-0.05, 0) is 39.1 Å². The van der Waals surface area contributed by atoms with Crippen molar-refractivity contribution in [2.75, 3.05) is 53.5 Å². The average Bonchev–Trinajstić information content (AvgIpc) is 2.57. The van der Waals surface area contributed by atoms with Crippen LogP contribution in [0, 0.1) is 0 Å². The number of methoxy groups -OCH3 is 1. The molecule has 7 heteroatoms. The molecule has 0 unspecified atom stereocenters. The minimum absolute atomic E-state index is 0. The van der Waals surface area contributed by atoms with Gasteiger partial charge in [0, 0.05) is 51.6 Å². The van der Waals surface area contributed by atoms with Crippen molar-refractivity contribution in [1.82, 2.24) is 20.5 Å². The number of hydrogen-bond donors (Lipinski definition) is 2. The zero-order chi connectivity index (χ0) is 16.8. The summed E-state index contributed by atoms with van der Waals surface area (Å²) in [6.07, 6.45) is 3.76. The Morgan fingerprint density at radius 3 is 2.79 bits per heavy atom. The number of aromatic nitrogens is 1. The van der Waals surface area contributed by atoms with Gasteiger partial charge in [0.1, 0.15) is 0 Å². The van der Waals surface area contributed by atoms with Crippen LogP contribution in [0.1, 0.15) is 19.0 Å². The van der Waals surface area contributed by atoms with Crippen molar-refractivity contribution in [3.05, 3.63) is 30.1 Å². The van der Waals surface area contributed by atoms with Gasteiger partial charge in [-0.1, -0.05) is 6.07 Å². The number of likely N-dealkylation sites (N-methyl/N-ethyl adjacent to an activating group) is 1. The zero-order valence-corrected chi connectivity index (χ0v) is 17.5. The van der Waals surface area contributed by atoms with E-state index in [4.69, 9.17) is 4.74 Å². The normalized spacial score (nSPS) is 11.2. The Hall–Kier alpha value is -0.930. The average molecular weight is 449 g/mol.